The van der Waals surface area contributed by atoms with Crippen LogP contribution in [-0.4, -0.2) is 40.5 Å². The molecule has 3 aromatic rings. The number of carboxylic acid groups (broad SMARTS) is 1. The number of rotatable bonds is 9. The zero-order valence-electron chi connectivity index (χ0n) is 17.4. The molecule has 2 N–H and O–H groups in total. The molecule has 156 valence electrons. The highest BCUT2D eigenvalue weighted by molar-refractivity contribution is 5.88. The van der Waals surface area contributed by atoms with Crippen molar-refractivity contribution in [1.29, 1.82) is 0 Å². The summed E-state index contributed by atoms with van der Waals surface area (Å²) in [7, 11) is 0. The number of nitrogens with zero attached hydrogens (tertiary/aromatic N) is 1. The predicted octanol–water partition coefficient (Wildman–Crippen LogP) is 3.86. The van der Waals surface area contributed by atoms with Crippen molar-refractivity contribution in [1.82, 2.24) is 10.2 Å². The van der Waals surface area contributed by atoms with Crippen molar-refractivity contribution in [2.24, 2.45) is 0 Å². The van der Waals surface area contributed by atoms with Crippen LogP contribution in [0.1, 0.15) is 25.0 Å². The molecule has 1 atom stereocenters. The Hall–Kier alpha value is -3.18. The molecule has 0 saturated carbocycles. The zero-order chi connectivity index (χ0) is 21.5. The van der Waals surface area contributed by atoms with E-state index in [1.807, 2.05) is 91.5 Å². The second-order valence-corrected chi connectivity index (χ2v) is 7.79. The van der Waals surface area contributed by atoms with E-state index >= 15 is 0 Å². The molecule has 0 aliphatic rings. The molecule has 5 nitrogen and oxygen atoms in total. The van der Waals surface area contributed by atoms with Gasteiger partial charge in [-0.1, -0.05) is 72.8 Å². The van der Waals surface area contributed by atoms with Gasteiger partial charge in [-0.05, 0) is 35.7 Å². The van der Waals surface area contributed by atoms with Crippen molar-refractivity contribution in [3.63, 3.8) is 0 Å². The second kappa shape index (κ2) is 10.0. The monoisotopic (exact) mass is 404 g/mol. The molecule has 0 unspecified atom stereocenters. The first-order chi connectivity index (χ1) is 14.4. The molecule has 0 aromatic heterocycles. The fourth-order valence-corrected chi connectivity index (χ4v) is 3.55. The number of hydrogen-bond acceptors (Lipinski definition) is 3. The molecule has 3 aromatic carbocycles. The van der Waals surface area contributed by atoms with Crippen LogP contribution >= 0.6 is 0 Å². The van der Waals surface area contributed by atoms with Gasteiger partial charge in [-0.25, -0.2) is 4.79 Å². The Morgan fingerprint density at radius 1 is 0.933 bits per heavy atom. The summed E-state index contributed by atoms with van der Waals surface area (Å²) >= 11 is 0. The number of carbonyl (C=O) groups is 2. The number of fused-ring (bicyclic) bond motifs is 1. The van der Waals surface area contributed by atoms with Gasteiger partial charge in [-0.3, -0.25) is 9.69 Å². The summed E-state index contributed by atoms with van der Waals surface area (Å²) in [4.78, 5) is 26.6. The average molecular weight is 405 g/mol. The van der Waals surface area contributed by atoms with E-state index in [0.717, 1.165) is 21.9 Å². The minimum atomic E-state index is -1.03. The fourth-order valence-electron chi connectivity index (χ4n) is 3.55. The van der Waals surface area contributed by atoms with Gasteiger partial charge in [0.2, 0.25) is 5.91 Å². The standard InChI is InChI=1S/C25H28N2O3/c1-18(2)27(16-19-9-4-3-5-10-19)17-24(28)26-23(25(29)30)15-21-13-8-12-20-11-6-7-14-22(20)21/h3-14,18,23H,15-17H2,1-2H3,(H,26,28)(H,29,30)/t23-/m0/s1. The summed E-state index contributed by atoms with van der Waals surface area (Å²) in [5.41, 5.74) is 2.02. The van der Waals surface area contributed by atoms with Crippen LogP contribution in [0.2, 0.25) is 0 Å². The van der Waals surface area contributed by atoms with Gasteiger partial charge >= 0.3 is 5.97 Å². The largest absolute Gasteiger partial charge is 0.480 e. The SMILES string of the molecule is CC(C)N(CC(=O)N[C@@H](Cc1cccc2ccccc12)C(=O)O)Cc1ccccc1. The summed E-state index contributed by atoms with van der Waals surface area (Å²) in [6.45, 7) is 4.83. The van der Waals surface area contributed by atoms with Crippen molar-refractivity contribution in [3.05, 3.63) is 83.9 Å². The van der Waals surface area contributed by atoms with Crippen LogP contribution in [0, 0.1) is 0 Å². The van der Waals surface area contributed by atoms with E-state index in [-0.39, 0.29) is 24.9 Å². The minimum absolute atomic E-state index is 0.145. The number of carbonyl (C=O) groups excluding carboxylic acids is 1. The molecule has 0 saturated heterocycles. The lowest BCUT2D eigenvalue weighted by Gasteiger charge is -2.26. The molecular weight excluding hydrogens is 376 g/mol. The molecule has 1 amide bonds. The molecule has 30 heavy (non-hydrogen) atoms. The summed E-state index contributed by atoms with van der Waals surface area (Å²) in [6.07, 6.45) is 0.239. The Kier molecular flexibility index (Phi) is 7.20. The Morgan fingerprint density at radius 3 is 2.30 bits per heavy atom. The first-order valence-corrected chi connectivity index (χ1v) is 10.2. The summed E-state index contributed by atoms with van der Waals surface area (Å²) in [5, 5.41) is 14.5. The highest BCUT2D eigenvalue weighted by Gasteiger charge is 2.23. The number of nitrogens with one attached hydrogen (secondary N) is 1. The van der Waals surface area contributed by atoms with Crippen molar-refractivity contribution >= 4 is 22.6 Å². The Morgan fingerprint density at radius 2 is 1.60 bits per heavy atom. The van der Waals surface area contributed by atoms with Crippen LogP contribution in [0.3, 0.4) is 0 Å². The van der Waals surface area contributed by atoms with E-state index in [1.54, 1.807) is 0 Å². The Labute approximate surface area is 177 Å². The predicted molar refractivity (Wildman–Crippen MR) is 119 cm³/mol. The van der Waals surface area contributed by atoms with Gasteiger partial charge in [0, 0.05) is 19.0 Å². The van der Waals surface area contributed by atoms with Crippen molar-refractivity contribution < 1.29 is 14.7 Å². The Bertz CT molecular complexity index is 996. The van der Waals surface area contributed by atoms with Gasteiger partial charge in [0.05, 0.1) is 6.54 Å². The normalized spacial score (nSPS) is 12.3. The maximum atomic E-state index is 12.7. The lowest BCUT2D eigenvalue weighted by Crippen LogP contribution is -2.47. The summed E-state index contributed by atoms with van der Waals surface area (Å²) < 4.78 is 0. The van der Waals surface area contributed by atoms with E-state index in [1.165, 1.54) is 0 Å². The van der Waals surface area contributed by atoms with E-state index < -0.39 is 12.0 Å². The molecule has 0 bridgehead atoms. The van der Waals surface area contributed by atoms with Crippen molar-refractivity contribution in [2.75, 3.05) is 6.54 Å². The highest BCUT2D eigenvalue weighted by Crippen LogP contribution is 2.20. The summed E-state index contributed by atoms with van der Waals surface area (Å²) in [6, 6.07) is 22.8. The maximum absolute atomic E-state index is 12.7. The summed E-state index contributed by atoms with van der Waals surface area (Å²) in [5.74, 6) is -1.32. The number of aliphatic carboxylic acids is 1. The van der Waals surface area contributed by atoms with Gasteiger partial charge in [-0.15, -0.1) is 0 Å². The van der Waals surface area contributed by atoms with Gasteiger partial charge in [0.15, 0.2) is 0 Å². The van der Waals surface area contributed by atoms with Crippen LogP contribution < -0.4 is 5.32 Å². The lowest BCUT2D eigenvalue weighted by atomic mass is 9.99. The minimum Gasteiger partial charge on any atom is -0.480 e. The van der Waals surface area contributed by atoms with Gasteiger partial charge in [0.1, 0.15) is 6.04 Å². The lowest BCUT2D eigenvalue weighted by molar-refractivity contribution is -0.142. The maximum Gasteiger partial charge on any atom is 0.326 e. The third-order valence-electron chi connectivity index (χ3n) is 5.24. The zero-order valence-corrected chi connectivity index (χ0v) is 17.4. The van der Waals surface area contributed by atoms with Crippen molar-refractivity contribution in [3.8, 4) is 0 Å². The van der Waals surface area contributed by atoms with Crippen LogP contribution in [0.15, 0.2) is 72.8 Å². The van der Waals surface area contributed by atoms with Gasteiger partial charge < -0.3 is 10.4 Å². The topological polar surface area (TPSA) is 69.6 Å². The first kappa shape index (κ1) is 21.5. The molecule has 0 aliphatic carbocycles. The van der Waals surface area contributed by atoms with E-state index in [9.17, 15) is 14.7 Å². The molecule has 0 aliphatic heterocycles. The third-order valence-corrected chi connectivity index (χ3v) is 5.24. The van der Waals surface area contributed by atoms with Crippen LogP contribution in [0.25, 0.3) is 10.8 Å². The number of amides is 1. The third kappa shape index (κ3) is 5.67. The quantitative estimate of drug-likeness (QED) is 0.568. The molecule has 0 radical (unpaired) electrons. The average Bonchev–Trinajstić information content (AvgIpc) is 2.73. The van der Waals surface area contributed by atoms with E-state index in [4.69, 9.17) is 0 Å². The molecule has 0 heterocycles. The Balaban J connectivity index is 1.69. The smallest absolute Gasteiger partial charge is 0.326 e. The number of hydrogen-bond donors (Lipinski definition) is 2. The van der Waals surface area contributed by atoms with Crippen LogP contribution in [0.4, 0.5) is 0 Å². The molecule has 0 fully saturated rings. The molecule has 3 rings (SSSR count). The van der Waals surface area contributed by atoms with Crippen molar-refractivity contribution in [2.45, 2.75) is 38.9 Å². The van der Waals surface area contributed by atoms with E-state index in [0.29, 0.717) is 6.54 Å². The number of benzene rings is 3. The first-order valence-electron chi connectivity index (χ1n) is 10.2. The molecule has 0 spiro atoms. The van der Waals surface area contributed by atoms with Gasteiger partial charge in [0.25, 0.3) is 0 Å². The highest BCUT2D eigenvalue weighted by atomic mass is 16.4. The molecule has 5 heteroatoms. The number of carboxylic acids is 1. The second-order valence-electron chi connectivity index (χ2n) is 7.79. The van der Waals surface area contributed by atoms with Gasteiger partial charge in [-0.2, -0.15) is 0 Å². The van der Waals surface area contributed by atoms with Crippen LogP contribution in [-0.2, 0) is 22.6 Å². The van der Waals surface area contributed by atoms with E-state index in [2.05, 4.69) is 5.32 Å². The van der Waals surface area contributed by atoms with Crippen LogP contribution in [0.5, 0.6) is 0 Å². The molecular formula is C25H28N2O3. The fraction of sp³-hybridized carbons (Fsp3) is 0.280.